The molecule has 0 aromatic heterocycles. The van der Waals surface area contributed by atoms with Crippen LogP contribution in [-0.2, 0) is 6.61 Å². The third-order valence-corrected chi connectivity index (χ3v) is 4.09. The van der Waals surface area contributed by atoms with Crippen molar-refractivity contribution in [3.63, 3.8) is 0 Å². The van der Waals surface area contributed by atoms with Crippen LogP contribution in [0.3, 0.4) is 0 Å². The fraction of sp³-hybridized carbons (Fsp3) is 0.278. The molecule has 2 aromatic carbocycles. The molecule has 0 saturated carbocycles. The Morgan fingerprint density at radius 1 is 1.09 bits per heavy atom. The van der Waals surface area contributed by atoms with Crippen LogP contribution in [0.4, 0.5) is 0 Å². The van der Waals surface area contributed by atoms with Crippen LogP contribution in [0.25, 0.3) is 0 Å². The molecule has 0 atom stereocenters. The Morgan fingerprint density at radius 3 is 2.36 bits per heavy atom. The maximum Gasteiger partial charge on any atom is 0.253 e. The highest BCUT2D eigenvalue weighted by Crippen LogP contribution is 2.27. The molecule has 22 heavy (non-hydrogen) atoms. The lowest BCUT2D eigenvalue weighted by Gasteiger charge is -2.19. The molecule has 1 amide bonds. The van der Waals surface area contributed by atoms with Gasteiger partial charge in [0.1, 0.15) is 12.4 Å². The topological polar surface area (TPSA) is 29.5 Å². The van der Waals surface area contributed by atoms with Crippen molar-refractivity contribution in [3.8, 4) is 5.75 Å². The molecule has 0 bridgehead atoms. The van der Waals surface area contributed by atoms with E-state index in [0.717, 1.165) is 15.8 Å². The van der Waals surface area contributed by atoms with E-state index in [4.69, 9.17) is 4.74 Å². The molecule has 0 N–H and O–H groups in total. The van der Waals surface area contributed by atoms with Crippen molar-refractivity contribution >= 4 is 21.8 Å². The Morgan fingerprint density at radius 2 is 1.77 bits per heavy atom. The quantitative estimate of drug-likeness (QED) is 0.757. The first-order valence-corrected chi connectivity index (χ1v) is 8.20. The van der Waals surface area contributed by atoms with Gasteiger partial charge in [0, 0.05) is 18.7 Å². The third kappa shape index (κ3) is 4.10. The highest BCUT2D eigenvalue weighted by atomic mass is 79.9. The van der Waals surface area contributed by atoms with Gasteiger partial charge in [0.25, 0.3) is 5.91 Å². The van der Waals surface area contributed by atoms with E-state index in [-0.39, 0.29) is 5.91 Å². The molecule has 0 saturated heterocycles. The Bertz CT molecular complexity index is 624. The molecule has 4 heteroatoms. The fourth-order valence-electron chi connectivity index (χ4n) is 2.18. The molecule has 2 aromatic rings. The van der Waals surface area contributed by atoms with Gasteiger partial charge in [-0.25, -0.2) is 0 Å². The van der Waals surface area contributed by atoms with Gasteiger partial charge in [0.05, 0.1) is 4.47 Å². The van der Waals surface area contributed by atoms with Gasteiger partial charge in [-0.1, -0.05) is 30.3 Å². The second-order valence-electron chi connectivity index (χ2n) is 4.90. The molecule has 0 fully saturated rings. The Labute approximate surface area is 140 Å². The van der Waals surface area contributed by atoms with Crippen LogP contribution >= 0.6 is 15.9 Å². The monoisotopic (exact) mass is 361 g/mol. The Hall–Kier alpha value is -1.81. The Balaban J connectivity index is 2.08. The van der Waals surface area contributed by atoms with Crippen LogP contribution in [0.2, 0.25) is 0 Å². The average molecular weight is 362 g/mol. The van der Waals surface area contributed by atoms with Gasteiger partial charge in [0.15, 0.2) is 0 Å². The van der Waals surface area contributed by atoms with E-state index in [2.05, 4.69) is 15.9 Å². The SMILES string of the molecule is CCN(CC)C(=O)c1ccc(OCc2ccccc2)c(Br)c1. The lowest BCUT2D eigenvalue weighted by molar-refractivity contribution is 0.0773. The molecule has 0 spiro atoms. The smallest absolute Gasteiger partial charge is 0.253 e. The first kappa shape index (κ1) is 16.6. The van der Waals surface area contributed by atoms with Crippen LogP contribution in [0.5, 0.6) is 5.75 Å². The van der Waals surface area contributed by atoms with E-state index >= 15 is 0 Å². The molecule has 2 rings (SSSR count). The number of hydrogen-bond donors (Lipinski definition) is 0. The minimum Gasteiger partial charge on any atom is -0.488 e. The molecule has 0 heterocycles. The van der Waals surface area contributed by atoms with Crippen molar-refractivity contribution in [1.29, 1.82) is 0 Å². The standard InChI is InChI=1S/C18H20BrNO2/c1-3-20(4-2)18(21)15-10-11-17(16(19)12-15)22-13-14-8-6-5-7-9-14/h5-12H,3-4,13H2,1-2H3. The summed E-state index contributed by atoms with van der Waals surface area (Å²) in [6.45, 7) is 5.88. The first-order chi connectivity index (χ1) is 10.7. The van der Waals surface area contributed by atoms with Gasteiger partial charge in [0.2, 0.25) is 0 Å². The normalized spacial score (nSPS) is 10.3. The van der Waals surface area contributed by atoms with Crippen molar-refractivity contribution in [2.24, 2.45) is 0 Å². The molecule has 0 aliphatic rings. The summed E-state index contributed by atoms with van der Waals surface area (Å²) in [5.41, 5.74) is 1.78. The van der Waals surface area contributed by atoms with Crippen LogP contribution in [0.15, 0.2) is 53.0 Å². The molecule has 0 unspecified atom stereocenters. The van der Waals surface area contributed by atoms with Gasteiger partial charge in [-0.2, -0.15) is 0 Å². The summed E-state index contributed by atoms with van der Waals surface area (Å²) in [5, 5.41) is 0. The zero-order valence-electron chi connectivity index (χ0n) is 12.9. The minimum absolute atomic E-state index is 0.0420. The average Bonchev–Trinajstić information content (AvgIpc) is 2.55. The second kappa shape index (κ2) is 7.99. The van der Waals surface area contributed by atoms with Crippen molar-refractivity contribution in [2.45, 2.75) is 20.5 Å². The van der Waals surface area contributed by atoms with Crippen molar-refractivity contribution in [3.05, 3.63) is 64.1 Å². The van der Waals surface area contributed by atoms with Crippen molar-refractivity contribution in [2.75, 3.05) is 13.1 Å². The van der Waals surface area contributed by atoms with E-state index in [9.17, 15) is 4.79 Å². The number of ether oxygens (including phenoxy) is 1. The third-order valence-electron chi connectivity index (χ3n) is 3.47. The zero-order valence-corrected chi connectivity index (χ0v) is 14.5. The number of benzene rings is 2. The summed E-state index contributed by atoms with van der Waals surface area (Å²) >= 11 is 3.49. The summed E-state index contributed by atoms with van der Waals surface area (Å²) in [6, 6.07) is 15.5. The first-order valence-electron chi connectivity index (χ1n) is 7.41. The summed E-state index contributed by atoms with van der Waals surface area (Å²) in [6.07, 6.45) is 0. The predicted molar refractivity (Wildman–Crippen MR) is 92.2 cm³/mol. The second-order valence-corrected chi connectivity index (χ2v) is 5.75. The highest BCUT2D eigenvalue weighted by molar-refractivity contribution is 9.10. The van der Waals surface area contributed by atoms with E-state index < -0.39 is 0 Å². The molecule has 0 aliphatic heterocycles. The Kier molecular flexibility index (Phi) is 6.01. The highest BCUT2D eigenvalue weighted by Gasteiger charge is 2.14. The minimum atomic E-state index is 0.0420. The predicted octanol–water partition coefficient (Wildman–Crippen LogP) is 4.51. The molecule has 0 aliphatic carbocycles. The summed E-state index contributed by atoms with van der Waals surface area (Å²) in [7, 11) is 0. The lowest BCUT2D eigenvalue weighted by Crippen LogP contribution is -2.30. The summed E-state index contributed by atoms with van der Waals surface area (Å²) in [4.78, 5) is 14.1. The molecule has 3 nitrogen and oxygen atoms in total. The van der Waals surface area contributed by atoms with Crippen LogP contribution in [0, 0.1) is 0 Å². The molecular formula is C18H20BrNO2. The van der Waals surface area contributed by atoms with Gasteiger partial charge in [-0.15, -0.1) is 0 Å². The largest absolute Gasteiger partial charge is 0.488 e. The number of halogens is 1. The molecule has 116 valence electrons. The van der Waals surface area contributed by atoms with E-state index in [0.29, 0.717) is 25.3 Å². The number of carbonyl (C=O) groups is 1. The van der Waals surface area contributed by atoms with Crippen LogP contribution < -0.4 is 4.74 Å². The van der Waals surface area contributed by atoms with E-state index in [1.165, 1.54) is 0 Å². The van der Waals surface area contributed by atoms with Gasteiger partial charge in [-0.3, -0.25) is 4.79 Å². The number of nitrogens with zero attached hydrogens (tertiary/aromatic N) is 1. The molecular weight excluding hydrogens is 342 g/mol. The van der Waals surface area contributed by atoms with Gasteiger partial charge < -0.3 is 9.64 Å². The van der Waals surface area contributed by atoms with E-state index in [1.54, 1.807) is 4.90 Å². The molecule has 0 radical (unpaired) electrons. The maximum atomic E-state index is 12.3. The summed E-state index contributed by atoms with van der Waals surface area (Å²) in [5.74, 6) is 0.778. The zero-order chi connectivity index (χ0) is 15.9. The summed E-state index contributed by atoms with van der Waals surface area (Å²) < 4.78 is 6.59. The number of hydrogen-bond acceptors (Lipinski definition) is 2. The lowest BCUT2D eigenvalue weighted by atomic mass is 10.2. The number of rotatable bonds is 6. The van der Waals surface area contributed by atoms with Crippen LogP contribution in [0.1, 0.15) is 29.8 Å². The van der Waals surface area contributed by atoms with Crippen molar-refractivity contribution in [1.82, 2.24) is 4.90 Å². The number of carbonyl (C=O) groups excluding carboxylic acids is 1. The van der Waals surface area contributed by atoms with Crippen LogP contribution in [-0.4, -0.2) is 23.9 Å². The maximum absolute atomic E-state index is 12.3. The van der Waals surface area contributed by atoms with Gasteiger partial charge >= 0.3 is 0 Å². The van der Waals surface area contributed by atoms with Crippen molar-refractivity contribution < 1.29 is 9.53 Å². The van der Waals surface area contributed by atoms with Gasteiger partial charge in [-0.05, 0) is 53.5 Å². The number of amides is 1. The van der Waals surface area contributed by atoms with E-state index in [1.807, 2.05) is 62.4 Å². The fourth-order valence-corrected chi connectivity index (χ4v) is 2.67.